The van der Waals surface area contributed by atoms with Crippen LogP contribution in [-0.2, 0) is 40.2 Å². The van der Waals surface area contributed by atoms with E-state index in [1.807, 2.05) is 68.4 Å². The zero-order chi connectivity index (χ0) is 45.8. The van der Waals surface area contributed by atoms with Gasteiger partial charge >= 0.3 is 0 Å². The molecule has 3 aromatic carbocycles. The minimum Gasteiger partial charge on any atom is -0.508 e. The summed E-state index contributed by atoms with van der Waals surface area (Å²) < 4.78 is 11.7. The molecule has 3 amide bonds. The van der Waals surface area contributed by atoms with Gasteiger partial charge in [0, 0.05) is 88.8 Å². The molecule has 0 saturated carbocycles. The summed E-state index contributed by atoms with van der Waals surface area (Å²) in [6.45, 7) is 5.97. The molecular weight excluding hydrogens is 869 g/mol. The largest absolute Gasteiger partial charge is 0.508 e. The molecule has 6 heterocycles. The lowest BCUT2D eigenvalue weighted by molar-refractivity contribution is -0.117. The van der Waals surface area contributed by atoms with Crippen LogP contribution in [0.25, 0.3) is 0 Å². The first-order valence-electron chi connectivity index (χ1n) is 20.2. The van der Waals surface area contributed by atoms with E-state index < -0.39 is 0 Å². The smallest absolute Gasteiger partial charge is 0.224 e. The normalized spacial score (nSPS) is 12.8. The topological polar surface area (TPSA) is 238 Å². The minimum atomic E-state index is 0. The van der Waals surface area contributed by atoms with Crippen molar-refractivity contribution < 1.29 is 29.0 Å². The number of phenols is 1. The molecular formula is C48H45Cl2N9O6. The van der Waals surface area contributed by atoms with Gasteiger partial charge in [-0.1, -0.05) is 29.8 Å². The number of carbonyl (C=O) groups excluding carboxylic acids is 3. The third-order valence-corrected chi connectivity index (χ3v) is 10.0. The number of ether oxygens (including phenoxy) is 2. The number of amides is 3. The van der Waals surface area contributed by atoms with Gasteiger partial charge in [0.25, 0.3) is 0 Å². The highest BCUT2D eigenvalue weighted by molar-refractivity contribution is 6.29. The number of nitriles is 2. The van der Waals surface area contributed by atoms with Crippen molar-refractivity contribution in [2.45, 2.75) is 65.8 Å². The quantitative estimate of drug-likeness (QED) is 0.102. The van der Waals surface area contributed by atoms with Gasteiger partial charge in [-0.25, -0.2) is 15.0 Å². The number of pyridine rings is 3. The predicted molar refractivity (Wildman–Crippen MR) is 248 cm³/mol. The third kappa shape index (κ3) is 13.5. The highest BCUT2D eigenvalue weighted by Crippen LogP contribution is 2.35. The van der Waals surface area contributed by atoms with Gasteiger partial charge in [-0.05, 0) is 106 Å². The zero-order valence-corrected chi connectivity index (χ0v) is 37.3. The van der Waals surface area contributed by atoms with E-state index in [0.717, 1.165) is 62.1 Å². The third-order valence-electron chi connectivity index (χ3n) is 9.81. The molecule has 3 aliphatic rings. The highest BCUT2D eigenvalue weighted by Gasteiger charge is 2.21. The Kier molecular flexibility index (Phi) is 16.9. The van der Waals surface area contributed by atoms with E-state index in [1.54, 1.807) is 43.3 Å². The van der Waals surface area contributed by atoms with Gasteiger partial charge in [0.15, 0.2) is 0 Å². The monoisotopic (exact) mass is 913 g/mol. The van der Waals surface area contributed by atoms with Gasteiger partial charge in [-0.3, -0.25) is 14.4 Å². The van der Waals surface area contributed by atoms with Crippen LogP contribution in [0.5, 0.6) is 29.0 Å². The minimum absolute atomic E-state index is 0. The second-order valence-electron chi connectivity index (χ2n) is 14.8. The summed E-state index contributed by atoms with van der Waals surface area (Å²) in [5.41, 5.74) is 15.2. The molecule has 6 N–H and O–H groups in total. The summed E-state index contributed by atoms with van der Waals surface area (Å²) in [6, 6.07) is 30.7. The molecule has 6 aromatic rings. The van der Waals surface area contributed by atoms with Gasteiger partial charge in [0.05, 0.1) is 23.3 Å². The molecule has 0 unspecified atom stereocenters. The molecule has 9 rings (SSSR count). The van der Waals surface area contributed by atoms with Crippen molar-refractivity contribution in [2.24, 2.45) is 5.73 Å². The van der Waals surface area contributed by atoms with Crippen LogP contribution in [-0.4, -0.2) is 37.8 Å². The fraction of sp³-hybridized carbons (Fsp3) is 0.208. The van der Waals surface area contributed by atoms with Crippen molar-refractivity contribution in [1.82, 2.24) is 15.0 Å². The average molecular weight is 915 g/mol. The number of nitrogens with one attached hydrogen (secondary N) is 3. The first-order chi connectivity index (χ1) is 30.8. The summed E-state index contributed by atoms with van der Waals surface area (Å²) >= 11 is 5.57. The first-order valence-corrected chi connectivity index (χ1v) is 20.6. The first kappa shape index (κ1) is 48.5. The van der Waals surface area contributed by atoms with E-state index in [-0.39, 0.29) is 35.9 Å². The Morgan fingerprint density at radius 3 is 1.54 bits per heavy atom. The number of anilines is 3. The molecule has 17 heteroatoms. The Hall–Kier alpha value is -7.56. The van der Waals surface area contributed by atoms with Gasteiger partial charge < -0.3 is 36.3 Å². The van der Waals surface area contributed by atoms with Crippen LogP contribution in [0.15, 0.2) is 91.0 Å². The van der Waals surface area contributed by atoms with E-state index >= 15 is 0 Å². The lowest BCUT2D eigenvalue weighted by atomic mass is 10.0. The molecule has 0 bridgehead atoms. The van der Waals surface area contributed by atoms with Crippen LogP contribution in [0.2, 0.25) is 5.15 Å². The number of nitrogens with two attached hydrogens (primary N) is 1. The van der Waals surface area contributed by atoms with Gasteiger partial charge in [-0.15, -0.1) is 12.4 Å². The average Bonchev–Trinajstić information content (AvgIpc) is 3.26. The Labute approximate surface area is 387 Å². The molecule has 15 nitrogen and oxygen atoms in total. The van der Waals surface area contributed by atoms with Gasteiger partial charge in [0.2, 0.25) is 29.5 Å². The number of fused-ring (bicyclic) bond motifs is 3. The van der Waals surface area contributed by atoms with Crippen LogP contribution >= 0.6 is 24.0 Å². The SMILES string of the molecule is Cc1cc(C#N)cc(Cl)n1.Cc1cc(C#N)cc(Oc2cccc3c2CCC(=O)N3)n1.Cc1cc(CN)cc(Oc2cccc3c2CCC(=O)N3)n1.Cl.O=C1CCc2c(O)cccc2N1. The molecule has 332 valence electrons. The van der Waals surface area contributed by atoms with E-state index in [0.29, 0.717) is 78.9 Å². The van der Waals surface area contributed by atoms with Crippen molar-refractivity contribution in [1.29, 1.82) is 10.5 Å². The van der Waals surface area contributed by atoms with Crippen molar-refractivity contribution in [3.05, 3.63) is 147 Å². The maximum absolute atomic E-state index is 11.4. The van der Waals surface area contributed by atoms with Crippen molar-refractivity contribution in [3.63, 3.8) is 0 Å². The van der Waals surface area contributed by atoms with Crippen molar-refractivity contribution in [2.75, 3.05) is 16.0 Å². The van der Waals surface area contributed by atoms with Gasteiger partial charge in [-0.2, -0.15) is 10.5 Å². The summed E-state index contributed by atoms with van der Waals surface area (Å²) in [5, 5.41) is 35.6. The van der Waals surface area contributed by atoms with Gasteiger partial charge in [0.1, 0.15) is 22.4 Å². The van der Waals surface area contributed by atoms with Crippen LogP contribution < -0.4 is 31.2 Å². The lowest BCUT2D eigenvalue weighted by Crippen LogP contribution is -2.19. The molecule has 0 saturated heterocycles. The Balaban J connectivity index is 0.000000169. The number of nitrogens with zero attached hydrogens (tertiary/aromatic N) is 5. The molecule has 0 radical (unpaired) electrons. The number of hydrogen-bond acceptors (Lipinski definition) is 12. The number of rotatable bonds is 5. The molecule has 0 aliphatic carbocycles. The second kappa shape index (κ2) is 22.7. The number of aromatic hydroxyl groups is 1. The van der Waals surface area contributed by atoms with E-state index in [4.69, 9.17) is 37.3 Å². The number of benzene rings is 3. The molecule has 65 heavy (non-hydrogen) atoms. The van der Waals surface area contributed by atoms with Crippen LogP contribution in [0.4, 0.5) is 17.1 Å². The summed E-state index contributed by atoms with van der Waals surface area (Å²) in [4.78, 5) is 46.4. The fourth-order valence-electron chi connectivity index (χ4n) is 6.93. The number of phenolic OH excluding ortho intramolecular Hbond substituents is 1. The predicted octanol–water partition coefficient (Wildman–Crippen LogP) is 9.08. The number of carbonyl (C=O) groups is 3. The van der Waals surface area contributed by atoms with Crippen LogP contribution in [0.1, 0.15) is 69.7 Å². The maximum Gasteiger partial charge on any atom is 0.224 e. The Bertz CT molecular complexity index is 2800. The summed E-state index contributed by atoms with van der Waals surface area (Å²) in [7, 11) is 0. The van der Waals surface area contributed by atoms with Crippen molar-refractivity contribution >= 4 is 58.8 Å². The number of aromatic nitrogens is 3. The second-order valence-corrected chi connectivity index (χ2v) is 15.1. The Morgan fingerprint density at radius 2 is 1.05 bits per heavy atom. The summed E-state index contributed by atoms with van der Waals surface area (Å²) in [6.07, 6.45) is 3.32. The fourth-order valence-corrected chi connectivity index (χ4v) is 7.18. The highest BCUT2D eigenvalue weighted by atomic mass is 35.5. The molecule has 3 aliphatic heterocycles. The Morgan fingerprint density at radius 1 is 0.615 bits per heavy atom. The lowest BCUT2D eigenvalue weighted by Gasteiger charge is -2.19. The standard InChI is InChI=1S/C16H17N3O2.C16H13N3O2.C9H9NO2.C7H5ClN2.ClH/c2*1-10-7-11(9-17)8-16(18-10)21-14-4-2-3-13-12(14)5-6-15(20)19-13;11-8-3-1-2-7-6(8)4-5-9(12)10-7;1-5-2-6(4-9)3-7(8)10-5;/h2-4,7-8H,5-6,9,17H2,1H3,(H,19,20);2-4,7-8H,5-6H2,1H3,(H,19,20);1-3,11H,4-5H2,(H,10,12);2-3H,1H3;1H. The van der Waals surface area contributed by atoms with E-state index in [2.05, 4.69) is 37.0 Å². The van der Waals surface area contributed by atoms with Crippen LogP contribution in [0.3, 0.4) is 0 Å². The number of aryl methyl sites for hydroxylation is 3. The molecule has 0 fully saturated rings. The zero-order valence-electron chi connectivity index (χ0n) is 35.7. The number of halogens is 2. The molecule has 3 aromatic heterocycles. The molecule has 0 spiro atoms. The van der Waals surface area contributed by atoms with Crippen molar-refractivity contribution in [3.8, 4) is 41.1 Å². The van der Waals surface area contributed by atoms with Crippen LogP contribution in [0, 0.1) is 43.4 Å². The molecule has 0 atom stereocenters. The van der Waals surface area contributed by atoms with E-state index in [9.17, 15) is 19.5 Å². The maximum atomic E-state index is 11.4. The van der Waals surface area contributed by atoms with E-state index in [1.165, 1.54) is 6.07 Å². The summed E-state index contributed by atoms with van der Waals surface area (Å²) in [5.74, 6) is 2.65. The number of hydrogen-bond donors (Lipinski definition) is 5.